The lowest BCUT2D eigenvalue weighted by Crippen LogP contribution is -2.55. The van der Waals surface area contributed by atoms with Crippen LogP contribution in [0.5, 0.6) is 0 Å². The molecule has 52 heavy (non-hydrogen) atoms. The SMILES string of the molecule is C.CC[Si](CC)(CC)C[C@@H](O)C1CCCC1.CC[Si](CC)(CC)C[C@@H](O)[C@@H]1CCCN1C(c1ccccc1)(c1ccccc1)c1ccccc1.S.S. The summed E-state index contributed by atoms with van der Waals surface area (Å²) in [6.45, 7) is 15.0. The van der Waals surface area contributed by atoms with Crippen LogP contribution in [0.3, 0.4) is 0 Å². The fraction of sp³-hybridized carbons (Fsp3) is 0.600. The van der Waals surface area contributed by atoms with Gasteiger partial charge in [-0.3, -0.25) is 4.90 Å². The summed E-state index contributed by atoms with van der Waals surface area (Å²) < 4.78 is 0. The number of aliphatic hydroxyl groups is 2. The van der Waals surface area contributed by atoms with Crippen molar-refractivity contribution in [2.75, 3.05) is 6.54 Å². The highest BCUT2D eigenvalue weighted by molar-refractivity contribution is 7.59. The zero-order valence-electron chi connectivity index (χ0n) is 32.9. The van der Waals surface area contributed by atoms with Gasteiger partial charge >= 0.3 is 0 Å². The second kappa shape index (κ2) is 23.6. The van der Waals surface area contributed by atoms with E-state index < -0.39 is 21.7 Å². The van der Waals surface area contributed by atoms with Gasteiger partial charge < -0.3 is 10.2 Å². The molecule has 3 atom stereocenters. The second-order valence-electron chi connectivity index (χ2n) is 15.4. The summed E-state index contributed by atoms with van der Waals surface area (Å²) >= 11 is 0. The van der Waals surface area contributed by atoms with Crippen LogP contribution in [0.4, 0.5) is 0 Å². The van der Waals surface area contributed by atoms with Crippen LogP contribution in [0.15, 0.2) is 91.0 Å². The van der Waals surface area contributed by atoms with Gasteiger partial charge in [0.25, 0.3) is 0 Å². The average molecular weight is 784 g/mol. The highest BCUT2D eigenvalue weighted by Gasteiger charge is 2.49. The summed E-state index contributed by atoms with van der Waals surface area (Å²) in [5.74, 6) is 0.640. The third kappa shape index (κ3) is 11.1. The molecule has 1 heterocycles. The van der Waals surface area contributed by atoms with E-state index in [-0.39, 0.29) is 52.7 Å². The number of likely N-dealkylation sites (tertiary alicyclic amines) is 1. The molecule has 3 nitrogen and oxygen atoms in total. The topological polar surface area (TPSA) is 43.7 Å². The normalized spacial score (nSPS) is 17.9. The number of hydrogen-bond donors (Lipinski definition) is 2. The van der Waals surface area contributed by atoms with Gasteiger partial charge in [0.05, 0.1) is 33.9 Å². The molecule has 5 rings (SSSR count). The summed E-state index contributed by atoms with van der Waals surface area (Å²) in [5.41, 5.74) is 3.39. The molecule has 0 spiro atoms. The van der Waals surface area contributed by atoms with Gasteiger partial charge in [-0.15, -0.1) is 0 Å². The maximum Gasteiger partial charge on any atom is 0.0976 e. The number of hydrogen-bond acceptors (Lipinski definition) is 3. The van der Waals surface area contributed by atoms with Crippen LogP contribution in [-0.4, -0.2) is 56.1 Å². The molecule has 1 saturated carbocycles. The summed E-state index contributed by atoms with van der Waals surface area (Å²) in [7, 11) is -2.55. The Balaban J connectivity index is 0.000000640. The molecule has 1 saturated heterocycles. The van der Waals surface area contributed by atoms with Crippen LogP contribution >= 0.6 is 27.0 Å². The van der Waals surface area contributed by atoms with Gasteiger partial charge in [-0.25, -0.2) is 0 Å². The van der Waals surface area contributed by atoms with E-state index in [2.05, 4.69) is 137 Å². The highest BCUT2D eigenvalue weighted by Crippen LogP contribution is 2.47. The molecule has 3 aromatic carbocycles. The van der Waals surface area contributed by atoms with Crippen LogP contribution in [0.1, 0.15) is 104 Å². The number of benzene rings is 3. The summed E-state index contributed by atoms with van der Waals surface area (Å²) in [6.07, 6.45) is 7.17. The Bertz CT molecular complexity index is 1220. The highest BCUT2D eigenvalue weighted by atomic mass is 32.1. The number of aliphatic hydroxyl groups excluding tert-OH is 2. The van der Waals surface area contributed by atoms with Crippen molar-refractivity contribution < 1.29 is 10.2 Å². The fourth-order valence-electron chi connectivity index (χ4n) is 9.54. The van der Waals surface area contributed by atoms with Crippen molar-refractivity contribution in [3.8, 4) is 0 Å². The van der Waals surface area contributed by atoms with E-state index in [1.54, 1.807) is 0 Å². The Kier molecular flexibility index (Phi) is 22.1. The van der Waals surface area contributed by atoms with Crippen LogP contribution in [0.25, 0.3) is 0 Å². The smallest absolute Gasteiger partial charge is 0.0976 e. The molecule has 294 valence electrons. The Morgan fingerprint density at radius 1 is 0.558 bits per heavy atom. The Morgan fingerprint density at radius 3 is 1.25 bits per heavy atom. The molecule has 1 aliphatic carbocycles. The van der Waals surface area contributed by atoms with Crippen molar-refractivity contribution in [2.45, 2.75) is 160 Å². The van der Waals surface area contributed by atoms with E-state index in [0.29, 0.717) is 5.92 Å². The van der Waals surface area contributed by atoms with Crippen LogP contribution in [0, 0.1) is 5.92 Å². The van der Waals surface area contributed by atoms with E-state index >= 15 is 0 Å². The minimum atomic E-state index is -1.45. The summed E-state index contributed by atoms with van der Waals surface area (Å²) in [5, 5.41) is 22.2. The third-order valence-corrected chi connectivity index (χ3v) is 25.0. The number of rotatable bonds is 16. The molecular formula is C45H77NO2S2Si2. The summed E-state index contributed by atoms with van der Waals surface area (Å²) in [4.78, 5) is 2.65. The molecule has 2 N–H and O–H groups in total. The largest absolute Gasteiger partial charge is 0.393 e. The molecule has 7 heteroatoms. The first-order valence-corrected chi connectivity index (χ1v) is 25.7. The summed E-state index contributed by atoms with van der Waals surface area (Å²) in [6, 6.07) is 43.0. The monoisotopic (exact) mass is 783 g/mol. The zero-order chi connectivity index (χ0) is 35.3. The lowest BCUT2D eigenvalue weighted by atomic mass is 9.75. The average Bonchev–Trinajstić information content (AvgIpc) is 3.89. The van der Waals surface area contributed by atoms with Gasteiger partial charge in [0.2, 0.25) is 0 Å². The van der Waals surface area contributed by atoms with Crippen molar-refractivity contribution >= 4 is 43.1 Å². The Hall–Kier alpha value is -1.33. The van der Waals surface area contributed by atoms with Crippen LogP contribution < -0.4 is 0 Å². The fourth-order valence-corrected chi connectivity index (χ4v) is 16.7. The predicted molar refractivity (Wildman–Crippen MR) is 244 cm³/mol. The zero-order valence-corrected chi connectivity index (χ0v) is 36.9. The van der Waals surface area contributed by atoms with Crippen molar-refractivity contribution in [1.82, 2.24) is 4.90 Å². The minimum absolute atomic E-state index is 0. The van der Waals surface area contributed by atoms with Crippen molar-refractivity contribution in [2.24, 2.45) is 5.92 Å². The molecule has 0 bridgehead atoms. The first-order chi connectivity index (χ1) is 23.8. The van der Waals surface area contributed by atoms with Crippen LogP contribution in [0.2, 0.25) is 48.4 Å². The standard InChI is InChI=1S/C31H41NOSi.C13H28OSi.CH4.2H2S/c1-4-34(5-2,6-3)25-30(33)29-23-16-24-32(29)31(26-17-10-7-11-18-26,27-19-12-8-13-20-27)28-21-14-9-15-22-28;1-4-15(5-2,6-3)11-13(14)12-9-7-8-10-12;;;/h7-15,17-22,29-30,33H,4-6,16,23-25H2,1-3H3;12-14H,4-11H2,1-3H3;1H4;2*1H2/t29-,30+;13-;;;/m01.../s1. The lowest BCUT2D eigenvalue weighted by Gasteiger charge is -2.48. The lowest BCUT2D eigenvalue weighted by molar-refractivity contribution is 0.0426. The quantitative estimate of drug-likeness (QED) is 0.112. The molecule has 0 aromatic heterocycles. The molecule has 0 amide bonds. The van der Waals surface area contributed by atoms with E-state index in [0.717, 1.165) is 25.4 Å². The van der Waals surface area contributed by atoms with E-state index in [1.165, 1.54) is 84.7 Å². The second-order valence-corrected chi connectivity index (χ2v) is 26.5. The Labute approximate surface area is 336 Å². The van der Waals surface area contributed by atoms with Gasteiger partial charge in [0, 0.05) is 12.6 Å². The van der Waals surface area contributed by atoms with Gasteiger partial charge in [-0.2, -0.15) is 27.0 Å². The number of nitrogens with zero attached hydrogens (tertiary/aromatic N) is 1. The molecule has 0 unspecified atom stereocenters. The molecular weight excluding hydrogens is 707 g/mol. The maximum absolute atomic E-state index is 11.8. The Morgan fingerprint density at radius 2 is 0.904 bits per heavy atom. The van der Waals surface area contributed by atoms with Crippen molar-refractivity contribution in [1.29, 1.82) is 0 Å². The first kappa shape index (κ1) is 48.7. The third-order valence-electron chi connectivity index (χ3n) is 13.5. The van der Waals surface area contributed by atoms with E-state index in [9.17, 15) is 10.2 Å². The molecule has 3 aromatic rings. The van der Waals surface area contributed by atoms with Crippen molar-refractivity contribution in [3.05, 3.63) is 108 Å². The molecule has 0 radical (unpaired) electrons. The van der Waals surface area contributed by atoms with Gasteiger partial charge in [0.1, 0.15) is 0 Å². The van der Waals surface area contributed by atoms with E-state index in [1.807, 2.05) is 0 Å². The van der Waals surface area contributed by atoms with Gasteiger partial charge in [0.15, 0.2) is 0 Å². The van der Waals surface area contributed by atoms with E-state index in [4.69, 9.17) is 0 Å². The van der Waals surface area contributed by atoms with Crippen molar-refractivity contribution in [3.63, 3.8) is 0 Å². The maximum atomic E-state index is 11.8. The molecule has 2 fully saturated rings. The van der Waals surface area contributed by atoms with Gasteiger partial charge in [-0.1, -0.05) is 189 Å². The van der Waals surface area contributed by atoms with Crippen LogP contribution in [-0.2, 0) is 5.54 Å². The first-order valence-electron chi connectivity index (χ1n) is 20.1. The minimum Gasteiger partial charge on any atom is -0.393 e. The predicted octanol–water partition coefficient (Wildman–Crippen LogP) is 12.2. The molecule has 1 aliphatic heterocycles. The van der Waals surface area contributed by atoms with Gasteiger partial charge in [-0.05, 0) is 60.4 Å². The molecule has 2 aliphatic rings.